The lowest BCUT2D eigenvalue weighted by Gasteiger charge is -2.32. The lowest BCUT2D eigenvalue weighted by molar-refractivity contribution is -0.119. The number of hydrogen-bond donors (Lipinski definition) is 1. The molecule has 7 nitrogen and oxygen atoms in total. The summed E-state index contributed by atoms with van der Waals surface area (Å²) in [6.07, 6.45) is 3.84. The van der Waals surface area contributed by atoms with Gasteiger partial charge in [0.25, 0.3) is 5.91 Å². The third kappa shape index (κ3) is 3.68. The van der Waals surface area contributed by atoms with E-state index in [1.54, 1.807) is 16.0 Å². The molecule has 1 aromatic carbocycles. The van der Waals surface area contributed by atoms with Crippen molar-refractivity contribution in [2.45, 2.75) is 6.92 Å². The molecule has 1 aromatic heterocycles. The van der Waals surface area contributed by atoms with Crippen LogP contribution < -0.4 is 5.32 Å². The fraction of sp³-hybridized carbons (Fsp3) is 0.294. The molecule has 1 aliphatic rings. The number of amides is 2. The van der Waals surface area contributed by atoms with E-state index in [0.717, 1.165) is 17.7 Å². The Kier molecular flexibility index (Phi) is 4.69. The van der Waals surface area contributed by atoms with Crippen LogP contribution in [0.1, 0.15) is 16.1 Å². The van der Waals surface area contributed by atoms with Gasteiger partial charge in [0.2, 0.25) is 6.41 Å². The lowest BCUT2D eigenvalue weighted by Crippen LogP contribution is -2.48. The number of aryl methyl sites for hydroxylation is 1. The van der Waals surface area contributed by atoms with E-state index in [0.29, 0.717) is 37.7 Å². The number of hydrogen-bond acceptors (Lipinski definition) is 5. The Bertz CT molecular complexity index is 724. The zero-order valence-electron chi connectivity index (χ0n) is 13.5. The molecule has 2 amide bonds. The minimum atomic E-state index is -0.157. The van der Waals surface area contributed by atoms with Gasteiger partial charge in [-0.3, -0.25) is 9.59 Å². The summed E-state index contributed by atoms with van der Waals surface area (Å²) in [5.41, 5.74) is 2.38. The van der Waals surface area contributed by atoms with E-state index in [-0.39, 0.29) is 5.91 Å². The van der Waals surface area contributed by atoms with Gasteiger partial charge in [-0.15, -0.1) is 0 Å². The molecule has 24 heavy (non-hydrogen) atoms. The number of benzene rings is 1. The van der Waals surface area contributed by atoms with Crippen LogP contribution >= 0.6 is 0 Å². The second-order valence-corrected chi connectivity index (χ2v) is 5.71. The molecule has 1 saturated heterocycles. The van der Waals surface area contributed by atoms with Gasteiger partial charge in [0.15, 0.2) is 0 Å². The predicted molar refractivity (Wildman–Crippen MR) is 90.0 cm³/mol. The Labute approximate surface area is 140 Å². The molecule has 0 aliphatic carbocycles. The van der Waals surface area contributed by atoms with Gasteiger partial charge < -0.3 is 15.1 Å². The van der Waals surface area contributed by atoms with E-state index in [4.69, 9.17) is 0 Å². The molecule has 3 rings (SSSR count). The number of rotatable bonds is 4. The van der Waals surface area contributed by atoms with Crippen molar-refractivity contribution in [2.24, 2.45) is 0 Å². The van der Waals surface area contributed by atoms with E-state index in [1.165, 1.54) is 6.20 Å². The highest BCUT2D eigenvalue weighted by Gasteiger charge is 2.22. The Hall–Kier alpha value is -2.96. The minimum Gasteiger partial charge on any atom is -0.342 e. The summed E-state index contributed by atoms with van der Waals surface area (Å²) >= 11 is 0. The molecular weight excluding hydrogens is 306 g/mol. The molecule has 0 atom stereocenters. The highest BCUT2D eigenvalue weighted by Crippen LogP contribution is 2.15. The van der Waals surface area contributed by atoms with Crippen molar-refractivity contribution in [2.75, 3.05) is 31.5 Å². The van der Waals surface area contributed by atoms with Crippen LogP contribution in [0, 0.1) is 6.92 Å². The summed E-state index contributed by atoms with van der Waals surface area (Å²) < 4.78 is 0. The number of aromatic nitrogens is 2. The summed E-state index contributed by atoms with van der Waals surface area (Å²) in [6, 6.07) is 7.93. The molecule has 0 unspecified atom stereocenters. The number of piperazine rings is 1. The molecule has 0 saturated carbocycles. The monoisotopic (exact) mass is 325 g/mol. The highest BCUT2D eigenvalue weighted by molar-refractivity contribution is 5.92. The van der Waals surface area contributed by atoms with E-state index in [2.05, 4.69) is 15.3 Å². The maximum atomic E-state index is 12.4. The van der Waals surface area contributed by atoms with Gasteiger partial charge in [-0.25, -0.2) is 9.97 Å². The highest BCUT2D eigenvalue weighted by atomic mass is 16.2. The zero-order valence-corrected chi connectivity index (χ0v) is 13.5. The zero-order chi connectivity index (χ0) is 16.9. The van der Waals surface area contributed by atoms with E-state index < -0.39 is 0 Å². The van der Waals surface area contributed by atoms with Crippen LogP contribution in [0.3, 0.4) is 0 Å². The molecular formula is C17H19N5O2. The van der Waals surface area contributed by atoms with E-state index >= 15 is 0 Å². The fourth-order valence-corrected chi connectivity index (χ4v) is 2.57. The van der Waals surface area contributed by atoms with Gasteiger partial charge in [-0.2, -0.15) is 0 Å². The standard InChI is InChI=1S/C17H19N5O2/c1-13-3-2-4-14(9-13)20-16-11-18-15(10-19-16)17(24)22-7-5-21(12-23)6-8-22/h2-4,9-12H,5-8H2,1H3,(H,19,20). The average molecular weight is 325 g/mol. The number of carbonyl (C=O) groups excluding carboxylic acids is 2. The van der Waals surface area contributed by atoms with Crippen molar-refractivity contribution in [3.8, 4) is 0 Å². The minimum absolute atomic E-state index is 0.157. The summed E-state index contributed by atoms with van der Waals surface area (Å²) in [5, 5.41) is 3.16. The quantitative estimate of drug-likeness (QED) is 0.861. The molecule has 2 aromatic rings. The fourth-order valence-electron chi connectivity index (χ4n) is 2.57. The van der Waals surface area contributed by atoms with Crippen LogP contribution in [-0.4, -0.2) is 58.3 Å². The Morgan fingerprint density at radius 3 is 2.58 bits per heavy atom. The van der Waals surface area contributed by atoms with Crippen LogP contribution in [0.2, 0.25) is 0 Å². The third-order valence-electron chi connectivity index (χ3n) is 3.91. The molecule has 0 bridgehead atoms. The second-order valence-electron chi connectivity index (χ2n) is 5.71. The molecule has 2 heterocycles. The normalized spacial score (nSPS) is 14.4. The smallest absolute Gasteiger partial charge is 0.274 e. The van der Waals surface area contributed by atoms with Gasteiger partial charge in [0.05, 0.1) is 12.4 Å². The Morgan fingerprint density at radius 1 is 1.17 bits per heavy atom. The molecule has 1 N–H and O–H groups in total. The van der Waals surface area contributed by atoms with Crippen LogP contribution in [0.15, 0.2) is 36.7 Å². The van der Waals surface area contributed by atoms with Crippen LogP contribution in [0.5, 0.6) is 0 Å². The van der Waals surface area contributed by atoms with Crippen molar-refractivity contribution in [3.63, 3.8) is 0 Å². The van der Waals surface area contributed by atoms with Crippen molar-refractivity contribution >= 4 is 23.8 Å². The third-order valence-corrected chi connectivity index (χ3v) is 3.91. The molecule has 1 fully saturated rings. The molecule has 1 aliphatic heterocycles. The summed E-state index contributed by atoms with van der Waals surface area (Å²) in [6.45, 7) is 4.15. The van der Waals surface area contributed by atoms with Crippen molar-refractivity contribution in [1.82, 2.24) is 19.8 Å². The van der Waals surface area contributed by atoms with E-state index in [9.17, 15) is 9.59 Å². The van der Waals surface area contributed by atoms with Crippen molar-refractivity contribution in [3.05, 3.63) is 47.9 Å². The number of anilines is 2. The second kappa shape index (κ2) is 7.08. The van der Waals surface area contributed by atoms with Gasteiger partial charge in [0, 0.05) is 31.9 Å². The van der Waals surface area contributed by atoms with Gasteiger partial charge in [-0.05, 0) is 24.6 Å². The van der Waals surface area contributed by atoms with E-state index in [1.807, 2.05) is 31.2 Å². The van der Waals surface area contributed by atoms with Gasteiger partial charge >= 0.3 is 0 Å². The maximum Gasteiger partial charge on any atom is 0.274 e. The number of carbonyl (C=O) groups is 2. The number of nitrogens with zero attached hydrogens (tertiary/aromatic N) is 4. The first-order valence-electron chi connectivity index (χ1n) is 7.80. The lowest BCUT2D eigenvalue weighted by atomic mass is 10.2. The van der Waals surface area contributed by atoms with Gasteiger partial charge in [0.1, 0.15) is 11.5 Å². The largest absolute Gasteiger partial charge is 0.342 e. The average Bonchev–Trinajstić information content (AvgIpc) is 2.62. The first-order valence-corrected chi connectivity index (χ1v) is 7.80. The molecule has 0 spiro atoms. The van der Waals surface area contributed by atoms with Crippen LogP contribution in [0.25, 0.3) is 0 Å². The maximum absolute atomic E-state index is 12.4. The topological polar surface area (TPSA) is 78.4 Å². The molecule has 0 radical (unpaired) electrons. The summed E-state index contributed by atoms with van der Waals surface area (Å²) in [7, 11) is 0. The first kappa shape index (κ1) is 15.9. The summed E-state index contributed by atoms with van der Waals surface area (Å²) in [4.78, 5) is 34.9. The molecule has 7 heteroatoms. The molecule has 124 valence electrons. The predicted octanol–water partition coefficient (Wildman–Crippen LogP) is 1.44. The van der Waals surface area contributed by atoms with Crippen molar-refractivity contribution in [1.29, 1.82) is 0 Å². The van der Waals surface area contributed by atoms with Gasteiger partial charge in [-0.1, -0.05) is 12.1 Å². The van der Waals surface area contributed by atoms with Crippen LogP contribution in [0.4, 0.5) is 11.5 Å². The van der Waals surface area contributed by atoms with Crippen LogP contribution in [-0.2, 0) is 4.79 Å². The number of nitrogens with one attached hydrogen (secondary N) is 1. The summed E-state index contributed by atoms with van der Waals surface area (Å²) in [5.74, 6) is 0.429. The first-order chi connectivity index (χ1) is 11.7. The Morgan fingerprint density at radius 2 is 1.96 bits per heavy atom. The SMILES string of the molecule is Cc1cccc(Nc2cnc(C(=O)N3CCN(C=O)CC3)cn2)c1. The Balaban J connectivity index is 1.64. The van der Waals surface area contributed by atoms with Crippen molar-refractivity contribution < 1.29 is 9.59 Å².